The van der Waals surface area contributed by atoms with E-state index >= 15 is 0 Å². The first-order valence-electron chi connectivity index (χ1n) is 7.01. The van der Waals surface area contributed by atoms with E-state index in [-0.39, 0.29) is 23.3 Å². The normalized spacial score (nSPS) is 18.0. The first-order chi connectivity index (χ1) is 9.53. The van der Waals surface area contributed by atoms with Crippen molar-refractivity contribution >= 4 is 34.0 Å². The third kappa shape index (κ3) is 5.11. The van der Waals surface area contributed by atoms with Crippen LogP contribution in [0.3, 0.4) is 0 Å². The Morgan fingerprint density at radius 3 is 2.29 bits per heavy atom. The Morgan fingerprint density at radius 2 is 1.76 bits per heavy atom. The standard InChI is InChI=1S/C14H21ClN2O2S.ClH/c15-12-6-8-13(9-7-12)20(18,19)17-14(10-16)11-4-2-1-3-5-11;/h6-9,11,14,17H,1-5,10,16H2;1H. The zero-order valence-corrected chi connectivity index (χ0v) is 14.2. The second-order valence-electron chi connectivity index (χ2n) is 5.32. The molecule has 1 aromatic carbocycles. The Kier molecular flexibility index (Phi) is 7.44. The van der Waals surface area contributed by atoms with Gasteiger partial charge in [0.1, 0.15) is 0 Å². The van der Waals surface area contributed by atoms with Crippen LogP contribution >= 0.6 is 24.0 Å². The van der Waals surface area contributed by atoms with Crippen molar-refractivity contribution in [3.05, 3.63) is 29.3 Å². The molecule has 0 heterocycles. The monoisotopic (exact) mass is 352 g/mol. The summed E-state index contributed by atoms with van der Waals surface area (Å²) in [6, 6.07) is 6.00. The fourth-order valence-electron chi connectivity index (χ4n) is 2.75. The van der Waals surface area contributed by atoms with E-state index in [9.17, 15) is 8.42 Å². The van der Waals surface area contributed by atoms with Gasteiger partial charge in [-0.15, -0.1) is 12.4 Å². The number of sulfonamides is 1. The molecule has 0 spiro atoms. The molecule has 0 aliphatic heterocycles. The van der Waals surface area contributed by atoms with Gasteiger partial charge in [-0.05, 0) is 43.0 Å². The molecule has 21 heavy (non-hydrogen) atoms. The van der Waals surface area contributed by atoms with Crippen molar-refractivity contribution in [3.8, 4) is 0 Å². The van der Waals surface area contributed by atoms with E-state index in [1.807, 2.05) is 0 Å². The molecule has 1 atom stereocenters. The van der Waals surface area contributed by atoms with Crippen molar-refractivity contribution in [2.75, 3.05) is 6.54 Å². The average molecular weight is 353 g/mol. The number of rotatable bonds is 5. The summed E-state index contributed by atoms with van der Waals surface area (Å²) >= 11 is 5.78. The topological polar surface area (TPSA) is 72.2 Å². The Hall–Kier alpha value is -0.330. The fraction of sp³-hybridized carbons (Fsp3) is 0.571. The largest absolute Gasteiger partial charge is 0.329 e. The molecule has 1 unspecified atom stereocenters. The first-order valence-corrected chi connectivity index (χ1v) is 8.87. The van der Waals surface area contributed by atoms with Crippen LogP contribution < -0.4 is 10.5 Å². The molecular formula is C14H22Cl2N2O2S. The Bertz CT molecular complexity index is 528. The minimum Gasteiger partial charge on any atom is -0.329 e. The molecule has 0 radical (unpaired) electrons. The molecule has 3 N–H and O–H groups in total. The summed E-state index contributed by atoms with van der Waals surface area (Å²) in [6.07, 6.45) is 5.64. The maximum Gasteiger partial charge on any atom is 0.240 e. The molecular weight excluding hydrogens is 331 g/mol. The highest BCUT2D eigenvalue weighted by Crippen LogP contribution is 2.27. The lowest BCUT2D eigenvalue weighted by Crippen LogP contribution is -2.45. The number of halogens is 2. The first kappa shape index (κ1) is 18.7. The van der Waals surface area contributed by atoms with Gasteiger partial charge in [0.25, 0.3) is 0 Å². The van der Waals surface area contributed by atoms with Gasteiger partial charge in [0.2, 0.25) is 10.0 Å². The predicted molar refractivity (Wildman–Crippen MR) is 88.4 cm³/mol. The van der Waals surface area contributed by atoms with E-state index in [0.717, 1.165) is 25.7 Å². The smallest absolute Gasteiger partial charge is 0.240 e. The Labute approximate surface area is 137 Å². The van der Waals surface area contributed by atoms with Gasteiger partial charge < -0.3 is 5.73 Å². The van der Waals surface area contributed by atoms with Gasteiger partial charge in [0.15, 0.2) is 0 Å². The lowest BCUT2D eigenvalue weighted by molar-refractivity contribution is 0.294. The van der Waals surface area contributed by atoms with Gasteiger partial charge in [0, 0.05) is 17.6 Å². The molecule has 1 saturated carbocycles. The number of nitrogens with one attached hydrogen (secondary N) is 1. The molecule has 7 heteroatoms. The van der Waals surface area contributed by atoms with Crippen molar-refractivity contribution in [1.29, 1.82) is 0 Å². The van der Waals surface area contributed by atoms with E-state index in [2.05, 4.69) is 4.72 Å². The van der Waals surface area contributed by atoms with Crippen molar-refractivity contribution in [2.24, 2.45) is 11.7 Å². The van der Waals surface area contributed by atoms with E-state index < -0.39 is 10.0 Å². The van der Waals surface area contributed by atoms with Gasteiger partial charge in [-0.2, -0.15) is 0 Å². The third-order valence-electron chi connectivity index (χ3n) is 3.90. The SMILES string of the molecule is Cl.NCC(NS(=O)(=O)c1ccc(Cl)cc1)C1CCCCC1. The molecule has 1 aliphatic rings. The third-order valence-corrected chi connectivity index (χ3v) is 5.66. The van der Waals surface area contributed by atoms with Gasteiger partial charge in [-0.3, -0.25) is 0 Å². The van der Waals surface area contributed by atoms with Gasteiger partial charge in [0.05, 0.1) is 4.90 Å². The zero-order valence-electron chi connectivity index (χ0n) is 11.8. The second kappa shape index (κ2) is 8.34. The minimum absolute atomic E-state index is 0. The molecule has 0 amide bonds. The van der Waals surface area contributed by atoms with Crippen LogP contribution in [0.4, 0.5) is 0 Å². The van der Waals surface area contributed by atoms with E-state index in [1.54, 1.807) is 12.1 Å². The number of hydrogen-bond acceptors (Lipinski definition) is 3. The molecule has 0 aromatic heterocycles. The van der Waals surface area contributed by atoms with Crippen LogP contribution in [0.1, 0.15) is 32.1 Å². The molecule has 2 rings (SSSR count). The van der Waals surface area contributed by atoms with Gasteiger partial charge >= 0.3 is 0 Å². The fourth-order valence-corrected chi connectivity index (χ4v) is 4.20. The van der Waals surface area contributed by atoms with Crippen LogP contribution in [0.2, 0.25) is 5.02 Å². The summed E-state index contributed by atoms with van der Waals surface area (Å²) in [4.78, 5) is 0.233. The molecule has 1 aromatic rings. The van der Waals surface area contributed by atoms with Crippen molar-refractivity contribution in [2.45, 2.75) is 43.0 Å². The molecule has 1 aliphatic carbocycles. The summed E-state index contributed by atoms with van der Waals surface area (Å²) < 4.78 is 27.4. The average Bonchev–Trinajstić information content (AvgIpc) is 2.46. The van der Waals surface area contributed by atoms with Gasteiger partial charge in [-0.1, -0.05) is 30.9 Å². The van der Waals surface area contributed by atoms with Gasteiger partial charge in [-0.25, -0.2) is 13.1 Å². The number of hydrogen-bond donors (Lipinski definition) is 2. The van der Waals surface area contributed by atoms with E-state index in [1.165, 1.54) is 18.6 Å². The van der Waals surface area contributed by atoms with Crippen molar-refractivity contribution in [3.63, 3.8) is 0 Å². The summed E-state index contributed by atoms with van der Waals surface area (Å²) in [5, 5.41) is 0.520. The van der Waals surface area contributed by atoms with E-state index in [0.29, 0.717) is 17.5 Å². The maximum absolute atomic E-state index is 12.3. The Balaban J connectivity index is 0.00000220. The summed E-state index contributed by atoms with van der Waals surface area (Å²) in [5.74, 6) is 0.343. The van der Waals surface area contributed by atoms with E-state index in [4.69, 9.17) is 17.3 Å². The van der Waals surface area contributed by atoms with Crippen LogP contribution in [0.15, 0.2) is 29.2 Å². The maximum atomic E-state index is 12.3. The van der Waals surface area contributed by atoms with Crippen LogP contribution in [-0.4, -0.2) is 21.0 Å². The van der Waals surface area contributed by atoms with Crippen molar-refractivity contribution < 1.29 is 8.42 Å². The van der Waals surface area contributed by atoms with Crippen LogP contribution in [0.5, 0.6) is 0 Å². The molecule has 4 nitrogen and oxygen atoms in total. The zero-order chi connectivity index (χ0) is 14.6. The quantitative estimate of drug-likeness (QED) is 0.855. The molecule has 0 saturated heterocycles. The van der Waals surface area contributed by atoms with Crippen molar-refractivity contribution in [1.82, 2.24) is 4.72 Å². The molecule has 1 fully saturated rings. The highest BCUT2D eigenvalue weighted by Gasteiger charge is 2.27. The summed E-state index contributed by atoms with van der Waals surface area (Å²) in [6.45, 7) is 0.331. The lowest BCUT2D eigenvalue weighted by Gasteiger charge is -2.29. The lowest BCUT2D eigenvalue weighted by atomic mass is 9.84. The highest BCUT2D eigenvalue weighted by molar-refractivity contribution is 7.89. The summed E-state index contributed by atoms with van der Waals surface area (Å²) in [5.41, 5.74) is 5.76. The molecule has 120 valence electrons. The number of nitrogens with two attached hydrogens (primary N) is 1. The number of benzene rings is 1. The molecule has 0 bridgehead atoms. The van der Waals surface area contributed by atoms with Crippen LogP contribution in [0, 0.1) is 5.92 Å². The predicted octanol–water partition coefficient (Wildman–Crippen LogP) is 2.95. The minimum atomic E-state index is -3.53. The second-order valence-corrected chi connectivity index (χ2v) is 7.47. The van der Waals surface area contributed by atoms with Crippen LogP contribution in [-0.2, 0) is 10.0 Å². The highest BCUT2D eigenvalue weighted by atomic mass is 35.5. The summed E-state index contributed by atoms with van der Waals surface area (Å²) in [7, 11) is -3.53. The Morgan fingerprint density at radius 1 is 1.19 bits per heavy atom. The van der Waals surface area contributed by atoms with Crippen LogP contribution in [0.25, 0.3) is 0 Å².